The van der Waals surface area contributed by atoms with E-state index in [-0.39, 0.29) is 16.2 Å². The molecule has 2 aliphatic rings. The Bertz CT molecular complexity index is 954. The third-order valence-electron chi connectivity index (χ3n) is 7.01. The summed E-state index contributed by atoms with van der Waals surface area (Å²) >= 11 is 0. The summed E-state index contributed by atoms with van der Waals surface area (Å²) in [5.41, 5.74) is 12.0. The molecule has 2 aromatic rings. The van der Waals surface area contributed by atoms with Crippen LogP contribution in [0.15, 0.2) is 48.6 Å². The highest BCUT2D eigenvalue weighted by atomic mass is 14.3. The number of hydrogen-bond acceptors (Lipinski definition) is 0. The summed E-state index contributed by atoms with van der Waals surface area (Å²) in [6.45, 7) is 18.7. The fourth-order valence-corrected chi connectivity index (χ4v) is 5.61. The van der Waals surface area contributed by atoms with Crippen molar-refractivity contribution in [2.24, 2.45) is 10.8 Å². The Labute approximate surface area is 177 Å². The van der Waals surface area contributed by atoms with Crippen molar-refractivity contribution in [2.45, 2.75) is 73.6 Å². The summed E-state index contributed by atoms with van der Waals surface area (Å²) in [5.74, 6) is 0. The van der Waals surface area contributed by atoms with E-state index in [9.17, 15) is 0 Å². The predicted molar refractivity (Wildman–Crippen MR) is 127 cm³/mol. The topological polar surface area (TPSA) is 0 Å². The molecule has 0 aliphatic heterocycles. The van der Waals surface area contributed by atoms with E-state index < -0.39 is 0 Å². The van der Waals surface area contributed by atoms with Crippen molar-refractivity contribution >= 4 is 11.1 Å². The Balaban J connectivity index is 1.76. The van der Waals surface area contributed by atoms with Crippen LogP contribution in [0.4, 0.5) is 0 Å². The van der Waals surface area contributed by atoms with Crippen molar-refractivity contribution in [3.05, 3.63) is 81.9 Å². The smallest absolute Gasteiger partial charge is 0.0146 e. The monoisotopic (exact) mass is 384 g/mol. The van der Waals surface area contributed by atoms with Crippen LogP contribution in [0.2, 0.25) is 0 Å². The Morgan fingerprint density at radius 1 is 0.655 bits per heavy atom. The van der Waals surface area contributed by atoms with E-state index in [1.807, 2.05) is 0 Å². The molecule has 0 unspecified atom stereocenters. The molecule has 4 rings (SSSR count). The van der Waals surface area contributed by atoms with Crippen LogP contribution < -0.4 is 0 Å². The first-order valence-corrected chi connectivity index (χ1v) is 11.0. The number of rotatable bonds is 2. The average molecular weight is 385 g/mol. The molecule has 0 spiro atoms. The lowest BCUT2D eigenvalue weighted by atomic mass is 9.71. The molecule has 2 aromatic carbocycles. The van der Waals surface area contributed by atoms with Gasteiger partial charge >= 0.3 is 0 Å². The maximum absolute atomic E-state index is 2.47. The number of fused-ring (bicyclic) bond motifs is 2. The van der Waals surface area contributed by atoms with E-state index in [1.165, 1.54) is 44.5 Å². The van der Waals surface area contributed by atoms with Crippen molar-refractivity contribution in [2.75, 3.05) is 0 Å². The first kappa shape index (κ1) is 20.2. The SMILES string of the molecule is CC1=CC(C)(C)Cc2cc(C(C)(C)c3ccc4c(c3)CC(C)(C)C=C4C)ccc21. The molecule has 29 heavy (non-hydrogen) atoms. The van der Waals surface area contributed by atoms with Crippen LogP contribution in [0.5, 0.6) is 0 Å². The van der Waals surface area contributed by atoms with Gasteiger partial charge in [0.05, 0.1) is 0 Å². The Morgan fingerprint density at radius 3 is 1.41 bits per heavy atom. The molecule has 2 aliphatic carbocycles. The van der Waals surface area contributed by atoms with E-state index in [0.29, 0.717) is 0 Å². The van der Waals surface area contributed by atoms with Crippen molar-refractivity contribution in [3.8, 4) is 0 Å². The van der Waals surface area contributed by atoms with Crippen LogP contribution in [-0.2, 0) is 18.3 Å². The summed E-state index contributed by atoms with van der Waals surface area (Å²) in [6.07, 6.45) is 7.10. The number of allylic oxidation sites excluding steroid dienone is 4. The zero-order valence-corrected chi connectivity index (χ0v) is 19.5. The molecule has 0 fully saturated rings. The van der Waals surface area contributed by atoms with Gasteiger partial charge in [0, 0.05) is 5.41 Å². The minimum absolute atomic E-state index is 0.0114. The summed E-state index contributed by atoms with van der Waals surface area (Å²) in [7, 11) is 0. The zero-order valence-electron chi connectivity index (χ0n) is 19.5. The van der Waals surface area contributed by atoms with E-state index >= 15 is 0 Å². The fraction of sp³-hybridized carbons (Fsp3) is 0.448. The molecule has 0 radical (unpaired) electrons. The molecular formula is C29H36. The highest BCUT2D eigenvalue weighted by molar-refractivity contribution is 5.71. The normalized spacial score (nSPS) is 19.7. The van der Waals surface area contributed by atoms with Crippen LogP contribution in [0.3, 0.4) is 0 Å². The maximum Gasteiger partial charge on any atom is 0.0146 e. The van der Waals surface area contributed by atoms with Gasteiger partial charge in [0.15, 0.2) is 0 Å². The summed E-state index contributed by atoms with van der Waals surface area (Å²) in [4.78, 5) is 0. The molecule has 0 N–H and O–H groups in total. The van der Waals surface area contributed by atoms with Gasteiger partial charge in [-0.15, -0.1) is 0 Å². The lowest BCUT2D eigenvalue weighted by Crippen LogP contribution is -2.23. The van der Waals surface area contributed by atoms with Crippen LogP contribution in [0.25, 0.3) is 11.1 Å². The largest absolute Gasteiger partial charge is 0.0750 e. The van der Waals surface area contributed by atoms with E-state index in [4.69, 9.17) is 0 Å². The summed E-state index contributed by atoms with van der Waals surface area (Å²) < 4.78 is 0. The standard InChI is InChI=1S/C29H36/c1-19-15-27(3,4)17-21-13-23(9-11-25(19)21)29(7,8)24-10-12-26-20(2)16-28(5,6)18-22(26)14-24/h9-16H,17-18H2,1-8H3. The maximum atomic E-state index is 2.47. The second-order valence-electron chi connectivity index (χ2n) is 11.4. The molecular weight excluding hydrogens is 348 g/mol. The van der Waals surface area contributed by atoms with Crippen molar-refractivity contribution < 1.29 is 0 Å². The highest BCUT2D eigenvalue weighted by Gasteiger charge is 2.30. The molecule has 0 bridgehead atoms. The fourth-order valence-electron chi connectivity index (χ4n) is 5.61. The lowest BCUT2D eigenvalue weighted by Gasteiger charge is -2.34. The molecule has 0 atom stereocenters. The second-order valence-corrected chi connectivity index (χ2v) is 11.4. The van der Waals surface area contributed by atoms with Gasteiger partial charge in [-0.3, -0.25) is 0 Å². The van der Waals surface area contributed by atoms with Crippen LogP contribution >= 0.6 is 0 Å². The Kier molecular flexibility index (Phi) is 4.50. The molecule has 0 saturated heterocycles. The lowest BCUT2D eigenvalue weighted by molar-refractivity contribution is 0.471. The van der Waals surface area contributed by atoms with Gasteiger partial charge in [-0.2, -0.15) is 0 Å². The van der Waals surface area contributed by atoms with Gasteiger partial charge in [0.25, 0.3) is 0 Å². The molecule has 0 heteroatoms. The molecule has 0 heterocycles. The molecule has 152 valence electrons. The van der Waals surface area contributed by atoms with Crippen molar-refractivity contribution in [1.82, 2.24) is 0 Å². The third-order valence-corrected chi connectivity index (χ3v) is 7.01. The Hall–Kier alpha value is -2.08. The molecule has 0 nitrogen and oxygen atoms in total. The average Bonchev–Trinajstić information content (AvgIpc) is 2.58. The molecule has 0 saturated carbocycles. The van der Waals surface area contributed by atoms with Crippen LogP contribution in [0, 0.1) is 10.8 Å². The van der Waals surface area contributed by atoms with Gasteiger partial charge in [-0.25, -0.2) is 0 Å². The van der Waals surface area contributed by atoms with Gasteiger partial charge in [-0.1, -0.05) is 90.1 Å². The van der Waals surface area contributed by atoms with Crippen molar-refractivity contribution in [3.63, 3.8) is 0 Å². The summed E-state index contributed by atoms with van der Waals surface area (Å²) in [5, 5.41) is 0. The first-order chi connectivity index (χ1) is 13.4. The van der Waals surface area contributed by atoms with Gasteiger partial charge < -0.3 is 0 Å². The van der Waals surface area contributed by atoms with Gasteiger partial charge in [0.1, 0.15) is 0 Å². The van der Waals surface area contributed by atoms with E-state index in [2.05, 4.69) is 104 Å². The van der Waals surface area contributed by atoms with Crippen LogP contribution in [-0.4, -0.2) is 0 Å². The Morgan fingerprint density at radius 2 is 1.03 bits per heavy atom. The highest BCUT2D eigenvalue weighted by Crippen LogP contribution is 2.42. The number of hydrogen-bond donors (Lipinski definition) is 0. The first-order valence-electron chi connectivity index (χ1n) is 11.0. The third kappa shape index (κ3) is 3.63. The summed E-state index contributed by atoms with van der Waals surface area (Å²) in [6, 6.07) is 14.3. The minimum atomic E-state index is -0.0114. The second kappa shape index (κ2) is 6.46. The van der Waals surface area contributed by atoms with Gasteiger partial charge in [0.2, 0.25) is 0 Å². The predicted octanol–water partition coefficient (Wildman–Crippen LogP) is 7.98. The molecule has 0 aromatic heterocycles. The minimum Gasteiger partial charge on any atom is -0.0750 e. The van der Waals surface area contributed by atoms with E-state index in [1.54, 1.807) is 0 Å². The van der Waals surface area contributed by atoms with E-state index in [0.717, 1.165) is 12.8 Å². The number of benzene rings is 2. The van der Waals surface area contributed by atoms with Crippen molar-refractivity contribution in [1.29, 1.82) is 0 Å². The molecule has 0 amide bonds. The zero-order chi connectivity index (χ0) is 21.2. The quantitative estimate of drug-likeness (QED) is 0.492. The van der Waals surface area contributed by atoms with Crippen LogP contribution in [0.1, 0.15) is 88.8 Å². The van der Waals surface area contributed by atoms with Gasteiger partial charge in [-0.05, 0) is 82.0 Å².